The first-order valence-electron chi connectivity index (χ1n) is 11.2. The van der Waals surface area contributed by atoms with Gasteiger partial charge in [-0.1, -0.05) is 30.3 Å². The number of aliphatic imine (C=N–C) groups is 1. The lowest BCUT2D eigenvalue weighted by atomic mass is 10.1. The number of carboxylic acid groups (broad SMARTS) is 1. The van der Waals surface area contributed by atoms with E-state index in [1.165, 1.54) is 18.2 Å². The van der Waals surface area contributed by atoms with Crippen LogP contribution in [0.15, 0.2) is 53.5 Å². The van der Waals surface area contributed by atoms with Gasteiger partial charge in [-0.25, -0.2) is 4.79 Å². The number of hydrogen-bond acceptors (Lipinski definition) is 8. The summed E-state index contributed by atoms with van der Waals surface area (Å²) in [6.07, 6.45) is 0.583. The number of guanidine groups is 1. The molecule has 0 unspecified atom stereocenters. The number of aromatic hydroxyl groups is 1. The number of carboxylic acids is 1. The fraction of sp³-hybridized carbons (Fsp3) is 0.333. The molecular weight excluding hydrogens is 454 g/mol. The van der Waals surface area contributed by atoms with Crippen molar-refractivity contribution < 1.29 is 29.3 Å². The zero-order chi connectivity index (χ0) is 25.0. The van der Waals surface area contributed by atoms with Crippen molar-refractivity contribution in [1.82, 2.24) is 21.3 Å². The minimum atomic E-state index is -1.31. The molecule has 2 amide bonds. The Bertz CT molecular complexity index is 1060. The van der Waals surface area contributed by atoms with E-state index >= 15 is 0 Å². The first kappa shape index (κ1) is 25.3. The average molecular weight is 484 g/mol. The van der Waals surface area contributed by atoms with E-state index in [4.69, 9.17) is 4.74 Å². The van der Waals surface area contributed by atoms with Gasteiger partial charge >= 0.3 is 5.97 Å². The molecule has 11 heteroatoms. The number of carbonyl (C=O) groups is 3. The second-order valence-electron chi connectivity index (χ2n) is 7.77. The van der Waals surface area contributed by atoms with Gasteiger partial charge in [0.25, 0.3) is 5.91 Å². The molecule has 0 bridgehead atoms. The van der Waals surface area contributed by atoms with Crippen LogP contribution in [0.2, 0.25) is 0 Å². The molecule has 0 saturated heterocycles. The van der Waals surface area contributed by atoms with Crippen LogP contribution < -0.4 is 26.0 Å². The third-order valence-electron chi connectivity index (χ3n) is 5.13. The molecule has 0 fully saturated rings. The minimum Gasteiger partial charge on any atom is -0.507 e. The first-order chi connectivity index (χ1) is 16.9. The highest BCUT2D eigenvalue weighted by atomic mass is 16.5. The summed E-state index contributed by atoms with van der Waals surface area (Å²) >= 11 is 0. The Balaban J connectivity index is 1.44. The maximum Gasteiger partial charge on any atom is 0.328 e. The summed E-state index contributed by atoms with van der Waals surface area (Å²) in [4.78, 5) is 40.4. The van der Waals surface area contributed by atoms with Crippen molar-refractivity contribution in [1.29, 1.82) is 0 Å². The van der Waals surface area contributed by atoms with E-state index in [1.807, 2.05) is 30.3 Å². The van der Waals surface area contributed by atoms with Crippen LogP contribution in [-0.4, -0.2) is 72.8 Å². The van der Waals surface area contributed by atoms with Gasteiger partial charge in [-0.15, -0.1) is 0 Å². The van der Waals surface area contributed by atoms with Crippen molar-refractivity contribution in [2.75, 3.05) is 32.8 Å². The molecule has 2 aromatic rings. The fourth-order valence-electron chi connectivity index (χ4n) is 3.31. The Morgan fingerprint density at radius 2 is 1.94 bits per heavy atom. The van der Waals surface area contributed by atoms with E-state index in [9.17, 15) is 24.6 Å². The van der Waals surface area contributed by atoms with Gasteiger partial charge in [0.15, 0.2) is 5.96 Å². The van der Waals surface area contributed by atoms with Crippen LogP contribution in [-0.2, 0) is 16.0 Å². The van der Waals surface area contributed by atoms with Gasteiger partial charge in [0.05, 0.1) is 18.7 Å². The maximum absolute atomic E-state index is 12.5. The lowest BCUT2D eigenvalue weighted by molar-refractivity contribution is -0.141. The van der Waals surface area contributed by atoms with Crippen LogP contribution >= 0.6 is 0 Å². The molecule has 1 atom stereocenters. The summed E-state index contributed by atoms with van der Waals surface area (Å²) in [5.74, 6) is -1.62. The minimum absolute atomic E-state index is 0.0421. The van der Waals surface area contributed by atoms with E-state index in [0.29, 0.717) is 25.3 Å². The number of phenolic OH excluding ortho intramolecular Hbond substituents is 1. The molecule has 1 aliphatic rings. The number of ether oxygens (including phenoxy) is 1. The van der Waals surface area contributed by atoms with Crippen LogP contribution in [0.25, 0.3) is 0 Å². The Hall–Kier alpha value is -4.28. The van der Waals surface area contributed by atoms with Gasteiger partial charge in [-0.2, -0.15) is 0 Å². The van der Waals surface area contributed by atoms with Crippen molar-refractivity contribution in [2.45, 2.75) is 18.9 Å². The third kappa shape index (κ3) is 8.22. The van der Waals surface area contributed by atoms with E-state index in [-0.39, 0.29) is 24.3 Å². The van der Waals surface area contributed by atoms with E-state index in [0.717, 1.165) is 24.6 Å². The Labute approximate surface area is 202 Å². The highest BCUT2D eigenvalue weighted by Gasteiger charge is 2.22. The van der Waals surface area contributed by atoms with Crippen LogP contribution in [0.1, 0.15) is 22.3 Å². The van der Waals surface area contributed by atoms with E-state index < -0.39 is 23.8 Å². The Kier molecular flexibility index (Phi) is 9.29. The number of nitrogens with one attached hydrogen (secondary N) is 4. The van der Waals surface area contributed by atoms with Crippen molar-refractivity contribution in [2.24, 2.45) is 4.99 Å². The lowest BCUT2D eigenvalue weighted by Gasteiger charge is -2.16. The lowest BCUT2D eigenvalue weighted by Crippen LogP contribution is -2.48. The molecule has 35 heavy (non-hydrogen) atoms. The van der Waals surface area contributed by atoms with E-state index in [2.05, 4.69) is 26.3 Å². The summed E-state index contributed by atoms with van der Waals surface area (Å²) in [5, 5.41) is 30.6. The number of phenols is 1. The third-order valence-corrected chi connectivity index (χ3v) is 5.13. The molecule has 0 radical (unpaired) electrons. The number of hydrogen-bond donors (Lipinski definition) is 6. The fourth-order valence-corrected chi connectivity index (χ4v) is 3.31. The molecular formula is C24H29N5O6. The van der Waals surface area contributed by atoms with Crippen LogP contribution in [0, 0.1) is 0 Å². The standard InChI is InChI=1S/C24H29N5O6/c30-20-14-17(35-13-12-27-24-25-10-11-26-24)7-8-18(20)22(32)28-15-19(23(33)34)29-21(31)9-6-16-4-2-1-3-5-16/h1-5,7-8,14,19,30H,6,9-13,15H2,(H,28,32)(H,29,31)(H,33,34)(H2,25,26,27)/t19-/m0/s1. The molecule has 2 aromatic carbocycles. The average Bonchev–Trinajstić information content (AvgIpc) is 3.37. The van der Waals surface area contributed by atoms with Crippen LogP contribution in [0.3, 0.4) is 0 Å². The normalized spacial score (nSPS) is 13.2. The molecule has 0 aromatic heterocycles. The molecule has 11 nitrogen and oxygen atoms in total. The molecule has 3 rings (SSSR count). The number of carbonyl (C=O) groups excluding carboxylic acids is 2. The van der Waals surface area contributed by atoms with Crippen LogP contribution in [0.4, 0.5) is 0 Å². The van der Waals surface area contributed by atoms with Crippen molar-refractivity contribution >= 4 is 23.7 Å². The zero-order valence-electron chi connectivity index (χ0n) is 19.1. The summed E-state index contributed by atoms with van der Waals surface area (Å²) in [6.45, 7) is 2.01. The van der Waals surface area contributed by atoms with Gasteiger partial charge < -0.3 is 36.2 Å². The Morgan fingerprint density at radius 1 is 1.14 bits per heavy atom. The number of nitrogens with zero attached hydrogens (tertiary/aromatic N) is 1. The SMILES string of the molecule is O=C(CCc1ccccc1)N[C@@H](CNC(=O)c1ccc(OCCNC2=NCCN2)cc1O)C(=O)O. The molecule has 1 aliphatic heterocycles. The van der Waals surface area contributed by atoms with E-state index in [1.54, 1.807) is 0 Å². The topological polar surface area (TPSA) is 161 Å². The first-order valence-corrected chi connectivity index (χ1v) is 11.2. The predicted molar refractivity (Wildman–Crippen MR) is 129 cm³/mol. The van der Waals surface area contributed by atoms with Crippen molar-refractivity contribution in [3.8, 4) is 11.5 Å². The van der Waals surface area contributed by atoms with Crippen molar-refractivity contribution in [3.05, 3.63) is 59.7 Å². The Morgan fingerprint density at radius 3 is 2.63 bits per heavy atom. The smallest absolute Gasteiger partial charge is 0.328 e. The summed E-state index contributed by atoms with van der Waals surface area (Å²) < 4.78 is 5.55. The van der Waals surface area contributed by atoms with Gasteiger partial charge in [0, 0.05) is 25.6 Å². The van der Waals surface area contributed by atoms with Gasteiger partial charge in [0.1, 0.15) is 24.1 Å². The zero-order valence-corrected chi connectivity index (χ0v) is 19.1. The number of rotatable bonds is 12. The molecule has 1 heterocycles. The summed E-state index contributed by atoms with van der Waals surface area (Å²) in [5.41, 5.74) is 0.918. The highest BCUT2D eigenvalue weighted by Crippen LogP contribution is 2.23. The number of benzene rings is 2. The number of aliphatic carboxylic acids is 1. The maximum atomic E-state index is 12.5. The summed E-state index contributed by atoms with van der Waals surface area (Å²) in [6, 6.07) is 12.3. The largest absolute Gasteiger partial charge is 0.507 e. The molecule has 0 aliphatic carbocycles. The molecule has 186 valence electrons. The summed E-state index contributed by atoms with van der Waals surface area (Å²) in [7, 11) is 0. The second-order valence-corrected chi connectivity index (χ2v) is 7.77. The van der Waals surface area contributed by atoms with Crippen LogP contribution in [0.5, 0.6) is 11.5 Å². The predicted octanol–water partition coefficient (Wildman–Crippen LogP) is 0.252. The number of aryl methyl sites for hydroxylation is 1. The van der Waals surface area contributed by atoms with Gasteiger partial charge in [-0.3, -0.25) is 14.6 Å². The van der Waals surface area contributed by atoms with Gasteiger partial charge in [0.2, 0.25) is 5.91 Å². The quantitative estimate of drug-likeness (QED) is 0.234. The molecule has 0 saturated carbocycles. The second kappa shape index (κ2) is 12.8. The monoisotopic (exact) mass is 483 g/mol. The van der Waals surface area contributed by atoms with Crippen molar-refractivity contribution in [3.63, 3.8) is 0 Å². The number of amides is 2. The molecule has 6 N–H and O–H groups in total. The van der Waals surface area contributed by atoms with Gasteiger partial charge in [-0.05, 0) is 24.1 Å². The molecule has 0 spiro atoms. The highest BCUT2D eigenvalue weighted by molar-refractivity contribution is 5.97.